The van der Waals surface area contributed by atoms with Crippen molar-refractivity contribution in [1.82, 2.24) is 14.7 Å². The predicted octanol–water partition coefficient (Wildman–Crippen LogP) is 3.21. The summed E-state index contributed by atoms with van der Waals surface area (Å²) >= 11 is 0. The largest absolute Gasteiger partial charge is 0.496 e. The van der Waals surface area contributed by atoms with Crippen molar-refractivity contribution in [1.29, 1.82) is 0 Å². The predicted molar refractivity (Wildman–Crippen MR) is 91.2 cm³/mol. The Kier molecular flexibility index (Phi) is 4.00. The molecular weight excluding hydrogens is 302 g/mol. The van der Waals surface area contributed by atoms with E-state index in [1.807, 2.05) is 27.8 Å². The van der Waals surface area contributed by atoms with Crippen molar-refractivity contribution in [2.45, 2.75) is 44.7 Å². The maximum atomic E-state index is 13.2. The summed E-state index contributed by atoms with van der Waals surface area (Å²) < 4.78 is 7.52. The van der Waals surface area contributed by atoms with Crippen LogP contribution in [0.1, 0.15) is 53.3 Å². The monoisotopic (exact) mass is 325 g/mol. The normalized spacial score (nSPS) is 20.0. The fourth-order valence-electron chi connectivity index (χ4n) is 4.03. The number of carbonyl (C=O) groups excluding carboxylic acids is 1. The van der Waals surface area contributed by atoms with E-state index in [2.05, 4.69) is 11.2 Å². The lowest BCUT2D eigenvalue weighted by Gasteiger charge is -2.26. The molecular formula is C19H23N3O2. The zero-order valence-corrected chi connectivity index (χ0v) is 14.1. The van der Waals surface area contributed by atoms with Crippen LogP contribution in [0.2, 0.25) is 0 Å². The van der Waals surface area contributed by atoms with Gasteiger partial charge in [-0.25, -0.2) is 0 Å². The zero-order valence-electron chi connectivity index (χ0n) is 14.1. The van der Waals surface area contributed by atoms with Gasteiger partial charge in [-0.1, -0.05) is 18.2 Å². The Morgan fingerprint density at radius 3 is 2.96 bits per heavy atom. The van der Waals surface area contributed by atoms with Crippen LogP contribution in [0, 0.1) is 0 Å². The minimum atomic E-state index is 0.0905. The summed E-state index contributed by atoms with van der Waals surface area (Å²) in [6.07, 6.45) is 7.01. The third-order valence-electron chi connectivity index (χ3n) is 5.22. The summed E-state index contributed by atoms with van der Waals surface area (Å²) in [6, 6.07) is 8.12. The average Bonchev–Trinajstić information content (AvgIpc) is 3.28. The summed E-state index contributed by atoms with van der Waals surface area (Å²) in [5, 5.41) is 4.43. The van der Waals surface area contributed by atoms with Crippen molar-refractivity contribution in [3.05, 3.63) is 47.3 Å². The van der Waals surface area contributed by atoms with Gasteiger partial charge in [-0.2, -0.15) is 5.10 Å². The number of ether oxygens (including phenoxy) is 1. The molecule has 1 fully saturated rings. The van der Waals surface area contributed by atoms with Gasteiger partial charge in [0.05, 0.1) is 30.6 Å². The molecule has 0 unspecified atom stereocenters. The second-order valence-electron chi connectivity index (χ2n) is 6.58. The molecule has 0 saturated carbocycles. The standard InChI is InChI=1S/C19H23N3O2/c1-24-18-10-3-2-7-14(18)16-9-6-11-21(16)19(23)15-13-20-22-12-5-4-8-17(15)22/h2-3,7,10,13,16H,4-6,8-9,11-12H2,1H3/t16-/m0/s1. The maximum absolute atomic E-state index is 13.2. The Bertz CT molecular complexity index is 753. The van der Waals surface area contributed by atoms with Crippen LogP contribution >= 0.6 is 0 Å². The number of likely N-dealkylation sites (tertiary alicyclic amines) is 1. The van der Waals surface area contributed by atoms with Crippen LogP contribution in [0.5, 0.6) is 5.75 Å². The molecule has 0 N–H and O–H groups in total. The van der Waals surface area contributed by atoms with Crippen LogP contribution in [-0.2, 0) is 13.0 Å². The molecule has 4 rings (SSSR count). The van der Waals surface area contributed by atoms with Crippen molar-refractivity contribution in [3.63, 3.8) is 0 Å². The number of methoxy groups -OCH3 is 1. The summed E-state index contributed by atoms with van der Waals surface area (Å²) in [5.74, 6) is 0.978. The number of carbonyl (C=O) groups is 1. The van der Waals surface area contributed by atoms with Gasteiger partial charge < -0.3 is 9.64 Å². The van der Waals surface area contributed by atoms with E-state index < -0.39 is 0 Å². The summed E-state index contributed by atoms with van der Waals surface area (Å²) in [4.78, 5) is 15.2. The van der Waals surface area contributed by atoms with Crippen molar-refractivity contribution >= 4 is 5.91 Å². The fraction of sp³-hybridized carbons (Fsp3) is 0.474. The number of nitrogens with zero attached hydrogens (tertiary/aromatic N) is 3. The lowest BCUT2D eigenvalue weighted by atomic mass is 10.0. The van der Waals surface area contributed by atoms with Gasteiger partial charge in [0.15, 0.2) is 0 Å². The van der Waals surface area contributed by atoms with Gasteiger partial charge >= 0.3 is 0 Å². The topological polar surface area (TPSA) is 47.4 Å². The van der Waals surface area contributed by atoms with Gasteiger partial charge in [-0.3, -0.25) is 9.48 Å². The van der Waals surface area contributed by atoms with Gasteiger partial charge in [0.2, 0.25) is 0 Å². The highest BCUT2D eigenvalue weighted by Gasteiger charge is 2.34. The van der Waals surface area contributed by atoms with Crippen LogP contribution in [0.25, 0.3) is 0 Å². The minimum Gasteiger partial charge on any atom is -0.496 e. The van der Waals surface area contributed by atoms with E-state index >= 15 is 0 Å². The molecule has 5 heteroatoms. The van der Waals surface area contributed by atoms with E-state index in [1.54, 1.807) is 13.3 Å². The van der Waals surface area contributed by atoms with Crippen LogP contribution in [0.3, 0.4) is 0 Å². The third kappa shape index (κ3) is 2.48. The van der Waals surface area contributed by atoms with Crippen molar-refractivity contribution in [2.75, 3.05) is 13.7 Å². The Balaban J connectivity index is 1.65. The highest BCUT2D eigenvalue weighted by molar-refractivity contribution is 5.95. The van der Waals surface area contributed by atoms with Gasteiger partial charge in [-0.15, -0.1) is 0 Å². The molecule has 0 aliphatic carbocycles. The lowest BCUT2D eigenvalue weighted by molar-refractivity contribution is 0.0732. The number of hydrogen-bond donors (Lipinski definition) is 0. The third-order valence-corrected chi connectivity index (χ3v) is 5.22. The molecule has 2 aromatic rings. The highest BCUT2D eigenvalue weighted by atomic mass is 16.5. The number of aryl methyl sites for hydroxylation is 1. The molecule has 0 bridgehead atoms. The number of rotatable bonds is 3. The molecule has 0 spiro atoms. The van der Waals surface area contributed by atoms with Crippen molar-refractivity contribution in [3.8, 4) is 5.75 Å². The number of fused-ring (bicyclic) bond motifs is 1. The first-order chi connectivity index (χ1) is 11.8. The SMILES string of the molecule is COc1ccccc1[C@@H]1CCCN1C(=O)c1cnn2c1CCCC2. The first-order valence-corrected chi connectivity index (χ1v) is 8.78. The Labute approximate surface area is 142 Å². The van der Waals surface area contributed by atoms with E-state index in [0.29, 0.717) is 0 Å². The van der Waals surface area contributed by atoms with E-state index in [-0.39, 0.29) is 11.9 Å². The quantitative estimate of drug-likeness (QED) is 0.870. The Hall–Kier alpha value is -2.30. The molecule has 0 radical (unpaired) electrons. The van der Waals surface area contributed by atoms with Gasteiger partial charge in [0.25, 0.3) is 5.91 Å². The molecule has 3 heterocycles. The molecule has 1 aromatic carbocycles. The number of aromatic nitrogens is 2. The van der Waals surface area contributed by atoms with Crippen LogP contribution in [0.4, 0.5) is 0 Å². The second-order valence-corrected chi connectivity index (χ2v) is 6.58. The lowest BCUT2D eigenvalue weighted by Crippen LogP contribution is -2.31. The molecule has 1 atom stereocenters. The number of para-hydroxylation sites is 1. The van der Waals surface area contributed by atoms with Crippen LogP contribution < -0.4 is 4.74 Å². The molecule has 126 valence electrons. The first-order valence-electron chi connectivity index (χ1n) is 8.78. The Morgan fingerprint density at radius 2 is 2.08 bits per heavy atom. The van der Waals surface area contributed by atoms with E-state index in [1.165, 1.54) is 0 Å². The summed E-state index contributed by atoms with van der Waals surface area (Å²) in [5.41, 5.74) is 3.00. The average molecular weight is 325 g/mol. The van der Waals surface area contributed by atoms with E-state index in [9.17, 15) is 4.79 Å². The zero-order chi connectivity index (χ0) is 16.5. The number of benzene rings is 1. The maximum Gasteiger partial charge on any atom is 0.257 e. The molecule has 5 nitrogen and oxygen atoms in total. The van der Waals surface area contributed by atoms with E-state index in [0.717, 1.165) is 67.8 Å². The molecule has 2 aliphatic rings. The van der Waals surface area contributed by atoms with Crippen LogP contribution in [0.15, 0.2) is 30.5 Å². The molecule has 24 heavy (non-hydrogen) atoms. The number of amides is 1. The number of hydrogen-bond acceptors (Lipinski definition) is 3. The van der Waals surface area contributed by atoms with Gasteiger partial charge in [0, 0.05) is 18.7 Å². The molecule has 1 amide bonds. The van der Waals surface area contributed by atoms with Crippen molar-refractivity contribution < 1.29 is 9.53 Å². The fourth-order valence-corrected chi connectivity index (χ4v) is 4.03. The summed E-state index contributed by atoms with van der Waals surface area (Å²) in [6.45, 7) is 1.73. The second kappa shape index (κ2) is 6.30. The van der Waals surface area contributed by atoms with Crippen molar-refractivity contribution in [2.24, 2.45) is 0 Å². The molecule has 1 aromatic heterocycles. The first kappa shape index (κ1) is 15.2. The Morgan fingerprint density at radius 1 is 1.21 bits per heavy atom. The molecule has 1 saturated heterocycles. The van der Waals surface area contributed by atoms with Gasteiger partial charge in [0.1, 0.15) is 5.75 Å². The smallest absolute Gasteiger partial charge is 0.257 e. The van der Waals surface area contributed by atoms with Crippen LogP contribution in [-0.4, -0.2) is 34.2 Å². The highest BCUT2D eigenvalue weighted by Crippen LogP contribution is 2.38. The summed E-state index contributed by atoms with van der Waals surface area (Å²) in [7, 11) is 1.69. The van der Waals surface area contributed by atoms with E-state index in [4.69, 9.17) is 4.74 Å². The molecule has 2 aliphatic heterocycles. The van der Waals surface area contributed by atoms with Gasteiger partial charge in [-0.05, 0) is 38.2 Å². The minimum absolute atomic E-state index is 0.0905.